The fourth-order valence-corrected chi connectivity index (χ4v) is 2.09. The minimum Gasteiger partial charge on any atom is -0.345 e. The van der Waals surface area contributed by atoms with Gasteiger partial charge >= 0.3 is 0 Å². The number of fused-ring (bicyclic) bond motifs is 1. The molecular weight excluding hydrogens is 196 g/mol. The summed E-state index contributed by atoms with van der Waals surface area (Å²) in [7, 11) is 0. The van der Waals surface area contributed by atoms with E-state index in [2.05, 4.69) is 56.4 Å². The minimum atomic E-state index is 0.136. The molecule has 2 aromatic rings. The zero-order valence-corrected chi connectivity index (χ0v) is 10.8. The van der Waals surface area contributed by atoms with Gasteiger partial charge in [-0.05, 0) is 25.3 Å². The number of aromatic nitrogens is 2. The molecule has 0 radical (unpaired) electrons. The van der Waals surface area contributed by atoms with Crippen LogP contribution in [0.5, 0.6) is 0 Å². The molecule has 0 N–H and O–H groups in total. The average Bonchev–Trinajstić information content (AvgIpc) is 2.58. The zero-order chi connectivity index (χ0) is 11.9. The van der Waals surface area contributed by atoms with Crippen LogP contribution in [0.15, 0.2) is 24.7 Å². The van der Waals surface area contributed by atoms with Crippen molar-refractivity contribution < 1.29 is 0 Å². The summed E-state index contributed by atoms with van der Waals surface area (Å²) in [5.74, 6) is 0. The van der Waals surface area contributed by atoms with Crippen LogP contribution in [-0.4, -0.2) is 9.55 Å². The molecule has 2 heterocycles. The Kier molecular flexibility index (Phi) is 2.53. The second kappa shape index (κ2) is 3.62. The fraction of sp³-hybridized carbons (Fsp3) is 0.500. The second-order valence-corrected chi connectivity index (χ2v) is 5.69. The van der Waals surface area contributed by atoms with Crippen molar-refractivity contribution in [3.63, 3.8) is 0 Å². The van der Waals surface area contributed by atoms with Crippen LogP contribution < -0.4 is 0 Å². The molecule has 0 bridgehead atoms. The van der Waals surface area contributed by atoms with Gasteiger partial charge in [-0.15, -0.1) is 0 Å². The molecule has 0 aliphatic rings. The molecule has 2 nitrogen and oxygen atoms in total. The van der Waals surface area contributed by atoms with E-state index < -0.39 is 0 Å². The number of pyridine rings is 1. The summed E-state index contributed by atoms with van der Waals surface area (Å²) in [6.45, 7) is 11.1. The molecule has 2 aromatic heterocycles. The van der Waals surface area contributed by atoms with Crippen molar-refractivity contribution in [2.75, 3.05) is 0 Å². The van der Waals surface area contributed by atoms with Gasteiger partial charge in [0.05, 0.1) is 5.52 Å². The maximum atomic E-state index is 4.34. The monoisotopic (exact) mass is 216 g/mol. The Hall–Kier alpha value is -1.31. The van der Waals surface area contributed by atoms with Crippen molar-refractivity contribution in [3.05, 3.63) is 30.2 Å². The van der Waals surface area contributed by atoms with Crippen LogP contribution in [0.4, 0.5) is 0 Å². The summed E-state index contributed by atoms with van der Waals surface area (Å²) < 4.78 is 2.33. The lowest BCUT2D eigenvalue weighted by molar-refractivity contribution is 0.575. The van der Waals surface area contributed by atoms with E-state index >= 15 is 0 Å². The van der Waals surface area contributed by atoms with Crippen LogP contribution in [0.2, 0.25) is 0 Å². The highest BCUT2D eigenvalue weighted by molar-refractivity contribution is 5.83. The maximum absolute atomic E-state index is 4.34. The van der Waals surface area contributed by atoms with E-state index in [0.717, 1.165) is 0 Å². The van der Waals surface area contributed by atoms with Gasteiger partial charge < -0.3 is 4.57 Å². The number of hydrogen-bond acceptors (Lipinski definition) is 1. The molecule has 0 aromatic carbocycles. The van der Waals surface area contributed by atoms with Gasteiger partial charge in [-0.25, -0.2) is 0 Å². The van der Waals surface area contributed by atoms with Crippen molar-refractivity contribution in [1.82, 2.24) is 9.55 Å². The van der Waals surface area contributed by atoms with Gasteiger partial charge in [-0.3, -0.25) is 4.98 Å². The average molecular weight is 216 g/mol. The Labute approximate surface area is 97.3 Å². The lowest BCUT2D eigenvalue weighted by Crippen LogP contribution is -2.14. The molecule has 86 valence electrons. The molecule has 2 rings (SSSR count). The molecule has 0 atom stereocenters. The van der Waals surface area contributed by atoms with Crippen LogP contribution in [0.3, 0.4) is 0 Å². The van der Waals surface area contributed by atoms with E-state index in [-0.39, 0.29) is 5.41 Å². The third-order valence-corrected chi connectivity index (χ3v) is 2.98. The first-order chi connectivity index (χ1) is 7.41. The number of nitrogens with zero attached hydrogens (tertiary/aromatic N) is 2. The predicted molar refractivity (Wildman–Crippen MR) is 68.8 cm³/mol. The van der Waals surface area contributed by atoms with Crippen molar-refractivity contribution in [2.45, 2.75) is 46.1 Å². The van der Waals surface area contributed by atoms with Crippen molar-refractivity contribution in [2.24, 2.45) is 0 Å². The zero-order valence-electron chi connectivity index (χ0n) is 10.8. The van der Waals surface area contributed by atoms with E-state index in [9.17, 15) is 0 Å². The fourth-order valence-electron chi connectivity index (χ4n) is 2.09. The first kappa shape index (κ1) is 11.2. The highest BCUT2D eigenvalue weighted by Gasteiger charge is 2.20. The minimum absolute atomic E-state index is 0.136. The van der Waals surface area contributed by atoms with Gasteiger partial charge in [-0.2, -0.15) is 0 Å². The van der Waals surface area contributed by atoms with E-state index in [0.29, 0.717) is 6.04 Å². The van der Waals surface area contributed by atoms with Gasteiger partial charge in [0.25, 0.3) is 0 Å². The number of hydrogen-bond donors (Lipinski definition) is 0. The number of rotatable bonds is 1. The summed E-state index contributed by atoms with van der Waals surface area (Å²) in [4.78, 5) is 4.34. The van der Waals surface area contributed by atoms with Crippen LogP contribution in [-0.2, 0) is 5.41 Å². The topological polar surface area (TPSA) is 17.8 Å². The van der Waals surface area contributed by atoms with Gasteiger partial charge in [0, 0.05) is 35.6 Å². The molecule has 0 saturated carbocycles. The lowest BCUT2D eigenvalue weighted by atomic mass is 9.87. The van der Waals surface area contributed by atoms with Crippen LogP contribution in [0, 0.1) is 0 Å². The highest BCUT2D eigenvalue weighted by atomic mass is 15.0. The van der Waals surface area contributed by atoms with Crippen LogP contribution in [0.25, 0.3) is 10.9 Å². The quantitative estimate of drug-likeness (QED) is 0.706. The molecule has 0 unspecified atom stereocenters. The normalized spacial score (nSPS) is 12.6. The summed E-state index contributed by atoms with van der Waals surface area (Å²) in [6.07, 6.45) is 6.11. The summed E-state index contributed by atoms with van der Waals surface area (Å²) in [6, 6.07) is 2.64. The van der Waals surface area contributed by atoms with Gasteiger partial charge in [0.1, 0.15) is 0 Å². The molecule has 2 heteroatoms. The lowest BCUT2D eigenvalue weighted by Gasteiger charge is -2.22. The highest BCUT2D eigenvalue weighted by Crippen LogP contribution is 2.31. The Morgan fingerprint density at radius 2 is 1.88 bits per heavy atom. The van der Waals surface area contributed by atoms with Crippen molar-refractivity contribution in [3.8, 4) is 0 Å². The molecule has 0 amide bonds. The Bertz CT molecular complexity index is 501. The Morgan fingerprint density at radius 1 is 1.19 bits per heavy atom. The molecule has 0 saturated heterocycles. The first-order valence-electron chi connectivity index (χ1n) is 5.86. The SMILES string of the molecule is CC(C)n1ccc2cncc(C(C)(C)C)c21. The first-order valence-corrected chi connectivity index (χ1v) is 5.86. The summed E-state index contributed by atoms with van der Waals surface area (Å²) in [5, 5.41) is 1.24. The van der Waals surface area contributed by atoms with Gasteiger partial charge in [-0.1, -0.05) is 20.8 Å². The van der Waals surface area contributed by atoms with Crippen LogP contribution in [0.1, 0.15) is 46.2 Å². The molecule has 16 heavy (non-hydrogen) atoms. The van der Waals surface area contributed by atoms with Crippen molar-refractivity contribution in [1.29, 1.82) is 0 Å². The second-order valence-electron chi connectivity index (χ2n) is 5.69. The van der Waals surface area contributed by atoms with Gasteiger partial charge in [0.15, 0.2) is 0 Å². The Morgan fingerprint density at radius 3 is 2.44 bits per heavy atom. The standard InChI is InChI=1S/C14H20N2/c1-10(2)16-7-6-11-8-15-9-12(13(11)16)14(3,4)5/h6-10H,1-5H3. The summed E-state index contributed by atoms with van der Waals surface area (Å²) in [5.41, 5.74) is 2.79. The van der Waals surface area contributed by atoms with E-state index in [1.807, 2.05) is 12.4 Å². The third kappa shape index (κ3) is 1.73. The van der Waals surface area contributed by atoms with E-state index in [1.165, 1.54) is 16.5 Å². The maximum Gasteiger partial charge on any atom is 0.0551 e. The van der Waals surface area contributed by atoms with Gasteiger partial charge in [0.2, 0.25) is 0 Å². The third-order valence-electron chi connectivity index (χ3n) is 2.98. The molecule has 0 aliphatic carbocycles. The largest absolute Gasteiger partial charge is 0.345 e. The van der Waals surface area contributed by atoms with E-state index in [1.54, 1.807) is 0 Å². The molecule has 0 spiro atoms. The van der Waals surface area contributed by atoms with E-state index in [4.69, 9.17) is 0 Å². The molecular formula is C14H20N2. The molecule has 0 aliphatic heterocycles. The van der Waals surface area contributed by atoms with Crippen molar-refractivity contribution >= 4 is 10.9 Å². The molecule has 0 fully saturated rings. The predicted octanol–water partition coefficient (Wildman–Crippen LogP) is 3.91. The smallest absolute Gasteiger partial charge is 0.0551 e. The Balaban J connectivity index is 2.79. The van der Waals surface area contributed by atoms with Crippen LogP contribution >= 0.6 is 0 Å². The summed E-state index contributed by atoms with van der Waals surface area (Å²) >= 11 is 0.